The number of fused-ring (bicyclic) bond motifs is 4. The van der Waals surface area contributed by atoms with Crippen molar-refractivity contribution < 1.29 is 4.74 Å². The van der Waals surface area contributed by atoms with Crippen molar-refractivity contribution in [2.24, 2.45) is 4.99 Å². The molecule has 0 amide bonds. The van der Waals surface area contributed by atoms with Crippen molar-refractivity contribution in [2.75, 3.05) is 0 Å². The quantitative estimate of drug-likeness (QED) is 0.271. The summed E-state index contributed by atoms with van der Waals surface area (Å²) in [5.74, 6) is 2.53. The van der Waals surface area contributed by atoms with Crippen molar-refractivity contribution in [1.82, 2.24) is 14.3 Å². The number of aliphatic imine (C=N–C) groups is 1. The van der Waals surface area contributed by atoms with Gasteiger partial charge >= 0.3 is 0 Å². The largest absolute Gasteiger partial charge is 0.457 e. The molecule has 0 atom stereocenters. The van der Waals surface area contributed by atoms with Crippen LogP contribution in [0.3, 0.4) is 0 Å². The number of benzene rings is 3. The van der Waals surface area contributed by atoms with Gasteiger partial charge in [0.1, 0.15) is 22.2 Å². The molecule has 0 fully saturated rings. The van der Waals surface area contributed by atoms with Crippen molar-refractivity contribution in [3.63, 3.8) is 0 Å². The molecule has 3 aromatic heterocycles. The van der Waals surface area contributed by atoms with Crippen LogP contribution < -0.4 is 4.74 Å². The number of rotatable bonds is 4. The second kappa shape index (κ2) is 7.71. The van der Waals surface area contributed by atoms with Gasteiger partial charge in [-0.25, -0.2) is 9.67 Å². The van der Waals surface area contributed by atoms with Crippen LogP contribution in [-0.4, -0.2) is 20.6 Å². The monoisotopic (exact) mass is 460 g/mol. The second-order valence-corrected chi connectivity index (χ2v) is 9.21. The van der Waals surface area contributed by atoms with Gasteiger partial charge in [-0.1, -0.05) is 24.3 Å². The van der Waals surface area contributed by atoms with Crippen LogP contribution in [0.1, 0.15) is 12.8 Å². The smallest absolute Gasteiger partial charge is 0.133 e. The Hall–Kier alpha value is -4.16. The van der Waals surface area contributed by atoms with Crippen molar-refractivity contribution in [1.29, 1.82) is 0 Å². The fourth-order valence-corrected chi connectivity index (χ4v) is 5.51. The Morgan fingerprint density at radius 3 is 2.68 bits per heavy atom. The van der Waals surface area contributed by atoms with Gasteiger partial charge in [0, 0.05) is 34.5 Å². The minimum atomic E-state index is 0.773. The molecule has 0 N–H and O–H groups in total. The average molecular weight is 461 g/mol. The normalized spacial score (nSPS) is 13.7. The zero-order valence-electron chi connectivity index (χ0n) is 18.3. The summed E-state index contributed by atoms with van der Waals surface area (Å²) in [5, 5.41) is 10.2. The molecule has 1 aliphatic heterocycles. The minimum absolute atomic E-state index is 0.773. The molecule has 164 valence electrons. The predicted octanol–water partition coefficient (Wildman–Crippen LogP) is 7.65. The van der Waals surface area contributed by atoms with Gasteiger partial charge in [0.05, 0.1) is 22.9 Å². The fourth-order valence-electron chi connectivity index (χ4n) is 4.66. The summed E-state index contributed by atoms with van der Waals surface area (Å²) in [6, 6.07) is 24.9. The van der Waals surface area contributed by atoms with Crippen molar-refractivity contribution in [3.05, 3.63) is 90.4 Å². The molecule has 0 spiro atoms. The highest BCUT2D eigenvalue weighted by Gasteiger charge is 2.15. The molecule has 5 nitrogen and oxygen atoms in total. The molecule has 6 heteroatoms. The molecular formula is C28H20N4OS. The lowest BCUT2D eigenvalue weighted by atomic mass is 10.1. The van der Waals surface area contributed by atoms with Crippen LogP contribution in [0.15, 0.2) is 95.4 Å². The van der Waals surface area contributed by atoms with E-state index in [2.05, 4.69) is 63.6 Å². The Morgan fingerprint density at radius 2 is 1.74 bits per heavy atom. The lowest BCUT2D eigenvalue weighted by Gasteiger charge is -2.12. The van der Waals surface area contributed by atoms with E-state index >= 15 is 0 Å². The number of para-hydroxylation sites is 1. The molecule has 1 aliphatic rings. The van der Waals surface area contributed by atoms with E-state index < -0.39 is 0 Å². The van der Waals surface area contributed by atoms with Gasteiger partial charge in [-0.05, 0) is 60.7 Å². The number of nitrogens with zero attached hydrogens (tertiary/aromatic N) is 4. The molecule has 0 radical (unpaired) electrons. The molecular weight excluding hydrogens is 440 g/mol. The highest BCUT2D eigenvalue weighted by atomic mass is 32.1. The summed E-state index contributed by atoms with van der Waals surface area (Å²) in [4.78, 5) is 5.82. The van der Waals surface area contributed by atoms with Gasteiger partial charge in [0.2, 0.25) is 0 Å². The Kier molecular flexibility index (Phi) is 4.38. The first kappa shape index (κ1) is 19.3. The number of aromatic nitrogens is 3. The zero-order chi connectivity index (χ0) is 22.5. The first-order chi connectivity index (χ1) is 16.8. The predicted molar refractivity (Wildman–Crippen MR) is 140 cm³/mol. The molecule has 0 aliphatic carbocycles. The Labute approximate surface area is 199 Å². The van der Waals surface area contributed by atoms with Crippen molar-refractivity contribution >= 4 is 55.4 Å². The standard InChI is InChI=1S/C28H20N4OS/c1-2-9-25-23(8-1)24-12-11-22(17-26(24)31(25)27-10-3-4-14-29-27)33-21-7-5-6-20(16-21)32-28-19(18-30-32)13-15-34-28/h1-2,5-18H,3-4H2. The summed E-state index contributed by atoms with van der Waals surface area (Å²) in [5.41, 5.74) is 3.22. The van der Waals surface area contributed by atoms with Gasteiger partial charge in [-0.15, -0.1) is 11.3 Å². The maximum atomic E-state index is 6.35. The van der Waals surface area contributed by atoms with Gasteiger partial charge in [-0.3, -0.25) is 4.57 Å². The number of hydrogen-bond donors (Lipinski definition) is 0. The number of allylic oxidation sites excluding steroid dienone is 1. The van der Waals surface area contributed by atoms with Crippen LogP contribution >= 0.6 is 11.3 Å². The highest BCUT2D eigenvalue weighted by Crippen LogP contribution is 2.36. The van der Waals surface area contributed by atoms with E-state index in [-0.39, 0.29) is 0 Å². The average Bonchev–Trinajstić information content (AvgIpc) is 3.58. The number of hydrogen-bond acceptors (Lipinski definition) is 4. The summed E-state index contributed by atoms with van der Waals surface area (Å²) in [6.45, 7) is 0. The third-order valence-corrected chi connectivity index (χ3v) is 7.10. The van der Waals surface area contributed by atoms with E-state index in [1.807, 2.05) is 47.4 Å². The molecule has 0 saturated heterocycles. The van der Waals surface area contributed by atoms with Crippen LogP contribution in [-0.2, 0) is 0 Å². The van der Waals surface area contributed by atoms with Crippen molar-refractivity contribution in [3.8, 4) is 17.2 Å². The van der Waals surface area contributed by atoms with Gasteiger partial charge in [-0.2, -0.15) is 5.10 Å². The molecule has 0 saturated carbocycles. The molecule has 0 unspecified atom stereocenters. The SMILES string of the molecule is C1=NC(n2c3ccccc3c3ccc(Oc4cccc(-n5ncc6ccsc65)c4)cc32)=CCC1. The molecule has 6 aromatic rings. The Morgan fingerprint density at radius 1 is 0.824 bits per heavy atom. The van der Waals surface area contributed by atoms with Crippen LogP contribution in [0.2, 0.25) is 0 Å². The lowest BCUT2D eigenvalue weighted by Crippen LogP contribution is -1.98. The van der Waals surface area contributed by atoms with Gasteiger partial charge in [0.15, 0.2) is 0 Å². The fraction of sp³-hybridized carbons (Fsp3) is 0.0714. The topological polar surface area (TPSA) is 44.3 Å². The van der Waals surface area contributed by atoms with Crippen molar-refractivity contribution in [2.45, 2.75) is 12.8 Å². The van der Waals surface area contributed by atoms with Crippen LogP contribution in [0.5, 0.6) is 11.5 Å². The first-order valence-electron chi connectivity index (χ1n) is 11.3. The third-order valence-electron chi connectivity index (χ3n) is 6.20. The summed E-state index contributed by atoms with van der Waals surface area (Å²) in [6.07, 6.45) is 8.09. The van der Waals surface area contributed by atoms with E-state index in [1.165, 1.54) is 10.8 Å². The summed E-state index contributed by atoms with van der Waals surface area (Å²) >= 11 is 1.68. The highest BCUT2D eigenvalue weighted by molar-refractivity contribution is 7.16. The zero-order valence-corrected chi connectivity index (χ0v) is 19.1. The number of thiophene rings is 1. The second-order valence-electron chi connectivity index (χ2n) is 8.32. The Balaban J connectivity index is 1.32. The molecule has 4 heterocycles. The van der Waals surface area contributed by atoms with Crippen LogP contribution in [0.4, 0.5) is 0 Å². The van der Waals surface area contributed by atoms with E-state index in [0.717, 1.165) is 57.1 Å². The minimum Gasteiger partial charge on any atom is -0.457 e. The summed E-state index contributed by atoms with van der Waals surface area (Å²) in [7, 11) is 0. The van der Waals surface area contributed by atoms with E-state index in [1.54, 1.807) is 11.3 Å². The molecule has 34 heavy (non-hydrogen) atoms. The van der Waals surface area contributed by atoms with E-state index in [4.69, 9.17) is 9.73 Å². The molecule has 0 bridgehead atoms. The maximum Gasteiger partial charge on any atom is 0.133 e. The molecule has 3 aromatic carbocycles. The first-order valence-corrected chi connectivity index (χ1v) is 12.2. The number of ether oxygens (including phenoxy) is 1. The van der Waals surface area contributed by atoms with Gasteiger partial charge < -0.3 is 4.74 Å². The summed E-state index contributed by atoms with van der Waals surface area (Å²) < 4.78 is 10.5. The third kappa shape index (κ3) is 3.07. The van der Waals surface area contributed by atoms with Crippen LogP contribution in [0, 0.1) is 0 Å². The lowest BCUT2D eigenvalue weighted by molar-refractivity contribution is 0.483. The van der Waals surface area contributed by atoms with Gasteiger partial charge in [0.25, 0.3) is 0 Å². The van der Waals surface area contributed by atoms with E-state index in [0.29, 0.717) is 0 Å². The van der Waals surface area contributed by atoms with E-state index in [9.17, 15) is 0 Å². The maximum absolute atomic E-state index is 6.35. The van der Waals surface area contributed by atoms with Crippen LogP contribution in [0.25, 0.3) is 43.5 Å². The molecule has 7 rings (SSSR count). The Bertz CT molecular complexity index is 1750.